The lowest BCUT2D eigenvalue weighted by Crippen LogP contribution is -2.05. The van der Waals surface area contributed by atoms with Gasteiger partial charge in [-0.05, 0) is 31.2 Å². The molecule has 1 aromatic carbocycles. The number of fused-ring (bicyclic) bond motifs is 1. The van der Waals surface area contributed by atoms with Gasteiger partial charge in [0.15, 0.2) is 0 Å². The lowest BCUT2D eigenvalue weighted by Gasteiger charge is -2.09. The van der Waals surface area contributed by atoms with Gasteiger partial charge >= 0.3 is 0 Å². The minimum Gasteiger partial charge on any atom is -0.370 e. The second-order valence-electron chi connectivity index (χ2n) is 4.56. The molecule has 2 aromatic heterocycles. The fourth-order valence-electron chi connectivity index (χ4n) is 2.10. The molecule has 2 heterocycles. The van der Waals surface area contributed by atoms with Gasteiger partial charge in [-0.2, -0.15) is 9.97 Å². The van der Waals surface area contributed by atoms with Crippen LogP contribution in [0.4, 0.5) is 23.3 Å². The molecule has 0 fully saturated rings. The highest BCUT2D eigenvalue weighted by molar-refractivity contribution is 5.83. The van der Waals surface area contributed by atoms with E-state index in [1.165, 1.54) is 0 Å². The maximum absolute atomic E-state index is 5.72. The van der Waals surface area contributed by atoms with Gasteiger partial charge in [0, 0.05) is 29.9 Å². The average molecular weight is 280 g/mol. The molecule has 0 bridgehead atoms. The van der Waals surface area contributed by atoms with Crippen LogP contribution in [-0.2, 0) is 0 Å². The van der Waals surface area contributed by atoms with E-state index in [-0.39, 0.29) is 5.95 Å². The molecule has 0 atom stereocenters. The standard InChI is InChI=1S/C15H16N6/c1-2-17-13-9-14(21-15(16)20-13)19-11-5-6-12-10(8-11)4-3-7-18-12/h3-9H,2H2,1H3,(H4,16,17,19,20,21). The SMILES string of the molecule is CCNc1cc(Nc2ccc3ncccc3c2)nc(N)n1. The van der Waals surface area contributed by atoms with Crippen LogP contribution < -0.4 is 16.4 Å². The Hall–Kier alpha value is -2.89. The van der Waals surface area contributed by atoms with Crippen molar-refractivity contribution in [2.45, 2.75) is 6.92 Å². The number of anilines is 4. The Morgan fingerprint density at radius 3 is 2.81 bits per heavy atom. The Labute approximate surface area is 122 Å². The van der Waals surface area contributed by atoms with Gasteiger partial charge in [-0.1, -0.05) is 6.07 Å². The summed E-state index contributed by atoms with van der Waals surface area (Å²) in [6, 6.07) is 11.7. The summed E-state index contributed by atoms with van der Waals surface area (Å²) >= 11 is 0. The number of nitrogens with zero attached hydrogens (tertiary/aromatic N) is 3. The first kappa shape index (κ1) is 13.1. The predicted octanol–water partition coefficient (Wildman–Crippen LogP) is 2.78. The molecule has 0 aliphatic heterocycles. The maximum Gasteiger partial charge on any atom is 0.223 e. The van der Waals surface area contributed by atoms with Crippen molar-refractivity contribution in [2.75, 3.05) is 22.9 Å². The second kappa shape index (κ2) is 5.62. The molecular formula is C15H16N6. The summed E-state index contributed by atoms with van der Waals surface area (Å²) in [4.78, 5) is 12.6. The molecule has 3 rings (SSSR count). The largest absolute Gasteiger partial charge is 0.370 e. The van der Waals surface area contributed by atoms with Crippen LogP contribution in [0.2, 0.25) is 0 Å². The first-order chi connectivity index (χ1) is 10.2. The van der Waals surface area contributed by atoms with E-state index in [1.54, 1.807) is 6.20 Å². The highest BCUT2D eigenvalue weighted by Gasteiger charge is 2.03. The van der Waals surface area contributed by atoms with Gasteiger partial charge in [0.2, 0.25) is 5.95 Å². The number of nitrogens with one attached hydrogen (secondary N) is 2. The van der Waals surface area contributed by atoms with Crippen LogP contribution in [0.3, 0.4) is 0 Å². The Balaban J connectivity index is 1.90. The Morgan fingerprint density at radius 1 is 1.10 bits per heavy atom. The summed E-state index contributed by atoms with van der Waals surface area (Å²) in [6.45, 7) is 2.78. The van der Waals surface area contributed by atoms with Crippen molar-refractivity contribution < 1.29 is 0 Å². The molecule has 6 heteroatoms. The van der Waals surface area contributed by atoms with Crippen molar-refractivity contribution in [1.82, 2.24) is 15.0 Å². The lowest BCUT2D eigenvalue weighted by molar-refractivity contribution is 1.12. The van der Waals surface area contributed by atoms with Crippen LogP contribution in [0.1, 0.15) is 6.92 Å². The van der Waals surface area contributed by atoms with Crippen LogP contribution in [0.5, 0.6) is 0 Å². The zero-order chi connectivity index (χ0) is 14.7. The monoisotopic (exact) mass is 280 g/mol. The minimum atomic E-state index is 0.235. The highest BCUT2D eigenvalue weighted by Crippen LogP contribution is 2.21. The third-order valence-electron chi connectivity index (χ3n) is 2.98. The van der Waals surface area contributed by atoms with E-state index in [2.05, 4.69) is 25.6 Å². The second-order valence-corrected chi connectivity index (χ2v) is 4.56. The lowest BCUT2D eigenvalue weighted by atomic mass is 10.2. The Bertz CT molecular complexity index is 771. The molecule has 0 radical (unpaired) electrons. The summed E-state index contributed by atoms with van der Waals surface area (Å²) in [5.74, 6) is 1.59. The number of nitrogen functional groups attached to an aromatic ring is 1. The van der Waals surface area contributed by atoms with E-state index < -0.39 is 0 Å². The van der Waals surface area contributed by atoms with Gasteiger partial charge in [-0.15, -0.1) is 0 Å². The van der Waals surface area contributed by atoms with Crippen molar-refractivity contribution in [2.24, 2.45) is 0 Å². The van der Waals surface area contributed by atoms with Crippen molar-refractivity contribution in [1.29, 1.82) is 0 Å². The van der Waals surface area contributed by atoms with Gasteiger partial charge in [0.05, 0.1) is 5.52 Å². The van der Waals surface area contributed by atoms with Crippen LogP contribution in [0.25, 0.3) is 10.9 Å². The van der Waals surface area contributed by atoms with Crippen molar-refractivity contribution in [3.63, 3.8) is 0 Å². The van der Waals surface area contributed by atoms with Gasteiger partial charge in [0.1, 0.15) is 11.6 Å². The fourth-order valence-corrected chi connectivity index (χ4v) is 2.10. The average Bonchev–Trinajstić information content (AvgIpc) is 2.47. The van der Waals surface area contributed by atoms with E-state index in [9.17, 15) is 0 Å². The van der Waals surface area contributed by atoms with E-state index >= 15 is 0 Å². The zero-order valence-corrected chi connectivity index (χ0v) is 11.7. The summed E-state index contributed by atoms with van der Waals surface area (Å²) in [7, 11) is 0. The molecule has 0 unspecified atom stereocenters. The number of benzene rings is 1. The van der Waals surface area contributed by atoms with E-state index in [0.717, 1.165) is 23.1 Å². The summed E-state index contributed by atoms with van der Waals surface area (Å²) in [5, 5.41) is 7.43. The number of hydrogen-bond donors (Lipinski definition) is 3. The number of aromatic nitrogens is 3. The van der Waals surface area contributed by atoms with Crippen molar-refractivity contribution >= 4 is 34.2 Å². The number of pyridine rings is 1. The molecule has 21 heavy (non-hydrogen) atoms. The van der Waals surface area contributed by atoms with E-state index in [4.69, 9.17) is 5.73 Å². The third kappa shape index (κ3) is 3.00. The number of rotatable bonds is 4. The molecule has 0 spiro atoms. The topological polar surface area (TPSA) is 88.8 Å². The van der Waals surface area contributed by atoms with Gasteiger partial charge in [-0.3, -0.25) is 4.98 Å². The minimum absolute atomic E-state index is 0.235. The molecule has 0 saturated heterocycles. The Morgan fingerprint density at radius 2 is 1.95 bits per heavy atom. The molecule has 6 nitrogen and oxygen atoms in total. The smallest absolute Gasteiger partial charge is 0.223 e. The highest BCUT2D eigenvalue weighted by atomic mass is 15.1. The van der Waals surface area contributed by atoms with Crippen molar-refractivity contribution in [3.8, 4) is 0 Å². The molecule has 3 aromatic rings. The third-order valence-corrected chi connectivity index (χ3v) is 2.98. The van der Waals surface area contributed by atoms with E-state index in [0.29, 0.717) is 11.6 Å². The first-order valence-corrected chi connectivity index (χ1v) is 6.75. The summed E-state index contributed by atoms with van der Waals surface area (Å²) in [6.07, 6.45) is 1.78. The van der Waals surface area contributed by atoms with Crippen molar-refractivity contribution in [3.05, 3.63) is 42.6 Å². The zero-order valence-electron chi connectivity index (χ0n) is 11.7. The number of nitrogens with two attached hydrogens (primary N) is 1. The summed E-state index contributed by atoms with van der Waals surface area (Å²) < 4.78 is 0. The van der Waals surface area contributed by atoms with Crippen LogP contribution >= 0.6 is 0 Å². The quantitative estimate of drug-likeness (QED) is 0.681. The van der Waals surface area contributed by atoms with Gasteiger partial charge < -0.3 is 16.4 Å². The molecule has 106 valence electrons. The molecule has 4 N–H and O–H groups in total. The number of hydrogen-bond acceptors (Lipinski definition) is 6. The molecule has 0 aliphatic carbocycles. The van der Waals surface area contributed by atoms with E-state index in [1.807, 2.05) is 43.3 Å². The molecule has 0 aliphatic rings. The summed E-state index contributed by atoms with van der Waals surface area (Å²) in [5.41, 5.74) is 7.61. The first-order valence-electron chi connectivity index (χ1n) is 6.75. The maximum atomic E-state index is 5.72. The molecular weight excluding hydrogens is 264 g/mol. The van der Waals surface area contributed by atoms with Crippen LogP contribution in [0.15, 0.2) is 42.6 Å². The fraction of sp³-hybridized carbons (Fsp3) is 0.133. The molecule has 0 saturated carbocycles. The predicted molar refractivity (Wildman–Crippen MR) is 85.6 cm³/mol. The Kier molecular flexibility index (Phi) is 3.51. The van der Waals surface area contributed by atoms with Gasteiger partial charge in [-0.25, -0.2) is 0 Å². The van der Waals surface area contributed by atoms with Gasteiger partial charge in [0.25, 0.3) is 0 Å². The van der Waals surface area contributed by atoms with Crippen LogP contribution in [-0.4, -0.2) is 21.5 Å². The molecule has 0 amide bonds. The normalized spacial score (nSPS) is 10.5. The van der Waals surface area contributed by atoms with Crippen LogP contribution in [0, 0.1) is 0 Å².